The molecule has 1 aromatic rings. The number of thioether (sulfide) groups is 1. The van der Waals surface area contributed by atoms with Crippen molar-refractivity contribution in [3.05, 3.63) is 5.82 Å². The summed E-state index contributed by atoms with van der Waals surface area (Å²) in [5.74, 6) is 1.64. The third kappa shape index (κ3) is 3.38. The molecule has 1 aliphatic rings. The van der Waals surface area contributed by atoms with Gasteiger partial charge in [-0.3, -0.25) is 0 Å². The Kier molecular flexibility index (Phi) is 5.03. The second kappa shape index (κ2) is 6.76. The highest BCUT2D eigenvalue weighted by atomic mass is 32.2. The van der Waals surface area contributed by atoms with E-state index in [9.17, 15) is 4.79 Å². The van der Waals surface area contributed by atoms with Crippen molar-refractivity contribution < 1.29 is 4.79 Å². The molecular weight excluding hydrogens is 264 g/mol. The van der Waals surface area contributed by atoms with Crippen molar-refractivity contribution in [3.63, 3.8) is 0 Å². The molecule has 2 amide bonds. The van der Waals surface area contributed by atoms with Gasteiger partial charge in [0.1, 0.15) is 5.82 Å². The summed E-state index contributed by atoms with van der Waals surface area (Å²) in [7, 11) is 0. The Bertz CT molecular complexity index is 435. The highest BCUT2D eigenvalue weighted by molar-refractivity contribution is 7.99. The highest BCUT2D eigenvalue weighted by Crippen LogP contribution is 2.17. The standard InChI is InChI=1S/C11H20N6OS/c1-2-4-17-9(8-12)14-15-11(17)19-7-6-16-5-3-13-10(16)18/h2-8,12H2,1H3,(H,13,18). The third-order valence-electron chi connectivity index (χ3n) is 2.96. The van der Waals surface area contributed by atoms with E-state index in [1.807, 2.05) is 4.90 Å². The lowest BCUT2D eigenvalue weighted by Gasteiger charge is -2.13. The van der Waals surface area contributed by atoms with E-state index in [4.69, 9.17) is 5.73 Å². The van der Waals surface area contributed by atoms with E-state index in [1.165, 1.54) is 0 Å². The van der Waals surface area contributed by atoms with Gasteiger partial charge in [-0.15, -0.1) is 10.2 Å². The molecule has 1 aliphatic heterocycles. The summed E-state index contributed by atoms with van der Waals surface area (Å²) >= 11 is 1.62. The molecule has 0 aliphatic carbocycles. The van der Waals surface area contributed by atoms with Crippen LogP contribution in [0.2, 0.25) is 0 Å². The van der Waals surface area contributed by atoms with Crippen molar-refractivity contribution in [1.82, 2.24) is 25.0 Å². The van der Waals surface area contributed by atoms with Gasteiger partial charge in [0.05, 0.1) is 6.54 Å². The van der Waals surface area contributed by atoms with Crippen LogP contribution in [0.1, 0.15) is 19.2 Å². The number of hydrogen-bond acceptors (Lipinski definition) is 5. The molecule has 7 nitrogen and oxygen atoms in total. The van der Waals surface area contributed by atoms with Gasteiger partial charge in [-0.05, 0) is 6.42 Å². The minimum Gasteiger partial charge on any atom is -0.336 e. The van der Waals surface area contributed by atoms with E-state index < -0.39 is 0 Å². The smallest absolute Gasteiger partial charge is 0.317 e. The number of rotatable bonds is 7. The van der Waals surface area contributed by atoms with Crippen molar-refractivity contribution in [2.24, 2.45) is 5.73 Å². The molecule has 0 aromatic carbocycles. The molecule has 0 unspecified atom stereocenters. The summed E-state index contributed by atoms with van der Waals surface area (Å²) in [6.07, 6.45) is 1.02. The second-order valence-electron chi connectivity index (χ2n) is 4.32. The van der Waals surface area contributed by atoms with Gasteiger partial charge >= 0.3 is 6.03 Å². The SMILES string of the molecule is CCCn1c(CN)nnc1SCCN1CCNC1=O. The average molecular weight is 284 g/mol. The van der Waals surface area contributed by atoms with Crippen molar-refractivity contribution in [3.8, 4) is 0 Å². The summed E-state index contributed by atoms with van der Waals surface area (Å²) < 4.78 is 2.06. The van der Waals surface area contributed by atoms with E-state index in [1.54, 1.807) is 11.8 Å². The number of carbonyl (C=O) groups is 1. The lowest BCUT2D eigenvalue weighted by Crippen LogP contribution is -2.30. The van der Waals surface area contributed by atoms with Crippen molar-refractivity contribution in [2.75, 3.05) is 25.4 Å². The quantitative estimate of drug-likeness (QED) is 0.701. The van der Waals surface area contributed by atoms with Gasteiger partial charge in [0, 0.05) is 31.9 Å². The van der Waals surface area contributed by atoms with Gasteiger partial charge in [-0.1, -0.05) is 18.7 Å². The molecule has 3 N–H and O–H groups in total. The van der Waals surface area contributed by atoms with Gasteiger partial charge in [0.2, 0.25) is 0 Å². The van der Waals surface area contributed by atoms with Crippen molar-refractivity contribution in [1.29, 1.82) is 0 Å². The first-order chi connectivity index (χ1) is 9.26. The number of nitrogens with two attached hydrogens (primary N) is 1. The van der Waals surface area contributed by atoms with E-state index in [0.29, 0.717) is 6.54 Å². The normalized spacial score (nSPS) is 15.1. The molecule has 2 heterocycles. The Balaban J connectivity index is 1.88. The third-order valence-corrected chi connectivity index (χ3v) is 3.91. The Morgan fingerprint density at radius 1 is 1.42 bits per heavy atom. The van der Waals surface area contributed by atoms with Crippen LogP contribution in [0.4, 0.5) is 4.79 Å². The lowest BCUT2D eigenvalue weighted by atomic mass is 10.4. The monoisotopic (exact) mass is 284 g/mol. The van der Waals surface area contributed by atoms with E-state index in [2.05, 4.69) is 27.0 Å². The van der Waals surface area contributed by atoms with E-state index in [0.717, 1.165) is 49.3 Å². The van der Waals surface area contributed by atoms with Crippen LogP contribution < -0.4 is 11.1 Å². The van der Waals surface area contributed by atoms with E-state index in [-0.39, 0.29) is 6.03 Å². The molecule has 0 saturated carbocycles. The first-order valence-electron chi connectivity index (χ1n) is 6.54. The fourth-order valence-electron chi connectivity index (χ4n) is 2.00. The Hall–Kier alpha value is -1.28. The zero-order valence-electron chi connectivity index (χ0n) is 11.1. The number of hydrogen-bond donors (Lipinski definition) is 2. The molecule has 0 spiro atoms. The molecule has 0 bridgehead atoms. The number of carbonyl (C=O) groups excluding carboxylic acids is 1. The molecule has 106 valence electrons. The molecule has 0 radical (unpaired) electrons. The first-order valence-corrected chi connectivity index (χ1v) is 7.52. The maximum Gasteiger partial charge on any atom is 0.317 e. The summed E-state index contributed by atoms with van der Waals surface area (Å²) in [6, 6.07) is 0.0262. The zero-order valence-corrected chi connectivity index (χ0v) is 11.9. The van der Waals surface area contributed by atoms with Crippen LogP contribution in [0.5, 0.6) is 0 Å². The van der Waals surface area contributed by atoms with Gasteiger partial charge in [-0.25, -0.2) is 4.79 Å². The highest BCUT2D eigenvalue weighted by Gasteiger charge is 2.19. The number of aromatic nitrogens is 3. The predicted octanol–water partition coefficient (Wildman–Crippen LogP) is 0.264. The summed E-state index contributed by atoms with van der Waals surface area (Å²) in [5, 5.41) is 11.9. The summed E-state index contributed by atoms with van der Waals surface area (Å²) in [4.78, 5) is 13.2. The average Bonchev–Trinajstić information content (AvgIpc) is 2.98. The van der Waals surface area contributed by atoms with Crippen LogP contribution in [-0.4, -0.2) is 51.1 Å². The molecule has 1 aromatic heterocycles. The topological polar surface area (TPSA) is 89.1 Å². The van der Waals surface area contributed by atoms with Crippen LogP contribution >= 0.6 is 11.8 Å². The Morgan fingerprint density at radius 3 is 2.89 bits per heavy atom. The Morgan fingerprint density at radius 2 is 2.26 bits per heavy atom. The number of nitrogens with zero attached hydrogens (tertiary/aromatic N) is 4. The predicted molar refractivity (Wildman–Crippen MR) is 73.9 cm³/mol. The van der Waals surface area contributed by atoms with Gasteiger partial charge in [0.25, 0.3) is 0 Å². The minimum atomic E-state index is 0.0262. The second-order valence-corrected chi connectivity index (χ2v) is 5.38. The first kappa shape index (κ1) is 14.1. The number of nitrogens with one attached hydrogen (secondary N) is 1. The van der Waals surface area contributed by atoms with Crippen LogP contribution in [0.3, 0.4) is 0 Å². The van der Waals surface area contributed by atoms with E-state index >= 15 is 0 Å². The molecule has 1 fully saturated rings. The maximum atomic E-state index is 11.4. The van der Waals surface area contributed by atoms with Crippen molar-refractivity contribution >= 4 is 17.8 Å². The zero-order chi connectivity index (χ0) is 13.7. The van der Waals surface area contributed by atoms with Gasteiger partial charge < -0.3 is 20.5 Å². The van der Waals surface area contributed by atoms with Crippen LogP contribution in [-0.2, 0) is 13.1 Å². The lowest BCUT2D eigenvalue weighted by molar-refractivity contribution is 0.220. The molecule has 19 heavy (non-hydrogen) atoms. The minimum absolute atomic E-state index is 0.0262. The molecular formula is C11H20N6OS. The number of urea groups is 1. The van der Waals surface area contributed by atoms with Crippen LogP contribution in [0.25, 0.3) is 0 Å². The fourth-order valence-corrected chi connectivity index (χ4v) is 2.94. The molecule has 1 saturated heterocycles. The van der Waals surface area contributed by atoms with Crippen molar-refractivity contribution in [2.45, 2.75) is 31.6 Å². The fraction of sp³-hybridized carbons (Fsp3) is 0.727. The summed E-state index contributed by atoms with van der Waals surface area (Å²) in [6.45, 7) is 5.66. The summed E-state index contributed by atoms with van der Waals surface area (Å²) in [5.41, 5.74) is 5.65. The van der Waals surface area contributed by atoms with Crippen LogP contribution in [0, 0.1) is 0 Å². The molecule has 2 rings (SSSR count). The Labute approximate surface area is 116 Å². The maximum absolute atomic E-state index is 11.4. The molecule has 0 atom stereocenters. The van der Waals surface area contributed by atoms with Crippen LogP contribution in [0.15, 0.2) is 5.16 Å². The van der Waals surface area contributed by atoms with Gasteiger partial charge in [0.15, 0.2) is 5.16 Å². The largest absolute Gasteiger partial charge is 0.336 e. The number of amides is 2. The molecule has 8 heteroatoms. The van der Waals surface area contributed by atoms with Gasteiger partial charge in [-0.2, -0.15) is 0 Å².